The van der Waals surface area contributed by atoms with Crippen LogP contribution in [-0.2, 0) is 17.9 Å². The van der Waals surface area contributed by atoms with Gasteiger partial charge in [0.25, 0.3) is 0 Å². The van der Waals surface area contributed by atoms with Crippen molar-refractivity contribution in [3.8, 4) is 0 Å². The Balaban J connectivity index is 2.52. The molecule has 3 heteroatoms. The number of rotatable bonds is 7. The van der Waals surface area contributed by atoms with Gasteiger partial charge in [0, 0.05) is 19.7 Å². The van der Waals surface area contributed by atoms with Crippen LogP contribution >= 0.6 is 0 Å². The number of benzene rings is 1. The van der Waals surface area contributed by atoms with Crippen molar-refractivity contribution in [1.29, 1.82) is 0 Å². The molecule has 2 N–H and O–H groups in total. The molecule has 1 rings (SSSR count). The van der Waals surface area contributed by atoms with Crippen molar-refractivity contribution in [2.75, 3.05) is 13.7 Å². The van der Waals surface area contributed by atoms with Crippen molar-refractivity contribution >= 4 is 0 Å². The normalized spacial score (nSPS) is 12.7. The van der Waals surface area contributed by atoms with Crippen LogP contribution in [0.1, 0.15) is 24.5 Å². The fraction of sp³-hybridized carbons (Fsp3) is 0.538. The van der Waals surface area contributed by atoms with Crippen LogP contribution in [0.25, 0.3) is 0 Å². The molecule has 1 aromatic rings. The van der Waals surface area contributed by atoms with Gasteiger partial charge in [-0.2, -0.15) is 0 Å². The molecule has 0 aliphatic carbocycles. The minimum Gasteiger partial charge on any atom is -0.392 e. The van der Waals surface area contributed by atoms with Crippen molar-refractivity contribution in [2.24, 2.45) is 0 Å². The van der Waals surface area contributed by atoms with Gasteiger partial charge in [-0.15, -0.1) is 0 Å². The summed E-state index contributed by atoms with van der Waals surface area (Å²) in [7, 11) is 1.71. The standard InChI is InChI=1S/C13H21NO2/c1-3-13(10-16-2)14-8-11-6-4-5-7-12(11)9-15/h4-7,13-15H,3,8-10H2,1-2H3. The van der Waals surface area contributed by atoms with Gasteiger partial charge in [0.05, 0.1) is 13.2 Å². The highest BCUT2D eigenvalue weighted by Gasteiger charge is 2.06. The van der Waals surface area contributed by atoms with E-state index in [-0.39, 0.29) is 6.61 Å². The van der Waals surface area contributed by atoms with Gasteiger partial charge in [-0.05, 0) is 17.5 Å². The average molecular weight is 223 g/mol. The van der Waals surface area contributed by atoms with E-state index in [0.29, 0.717) is 6.04 Å². The van der Waals surface area contributed by atoms with E-state index >= 15 is 0 Å². The molecule has 0 saturated carbocycles. The topological polar surface area (TPSA) is 41.5 Å². The summed E-state index contributed by atoms with van der Waals surface area (Å²) < 4.78 is 5.13. The van der Waals surface area contributed by atoms with E-state index in [1.165, 1.54) is 0 Å². The van der Waals surface area contributed by atoms with Crippen LogP contribution in [-0.4, -0.2) is 24.9 Å². The van der Waals surface area contributed by atoms with E-state index < -0.39 is 0 Å². The lowest BCUT2D eigenvalue weighted by Crippen LogP contribution is -2.32. The maximum atomic E-state index is 9.19. The van der Waals surface area contributed by atoms with E-state index in [1.807, 2.05) is 24.3 Å². The molecule has 0 fully saturated rings. The molecule has 3 nitrogen and oxygen atoms in total. The molecule has 0 radical (unpaired) electrons. The predicted molar refractivity (Wildman–Crippen MR) is 65.2 cm³/mol. The Morgan fingerprint density at radius 2 is 2.00 bits per heavy atom. The molecule has 0 aliphatic heterocycles. The highest BCUT2D eigenvalue weighted by atomic mass is 16.5. The lowest BCUT2D eigenvalue weighted by atomic mass is 10.1. The zero-order valence-electron chi connectivity index (χ0n) is 10.1. The smallest absolute Gasteiger partial charge is 0.0685 e. The Hall–Kier alpha value is -0.900. The van der Waals surface area contributed by atoms with Crippen molar-refractivity contribution in [3.05, 3.63) is 35.4 Å². The molecule has 0 bridgehead atoms. The third-order valence-corrected chi connectivity index (χ3v) is 2.73. The fourth-order valence-corrected chi connectivity index (χ4v) is 1.66. The molecule has 0 amide bonds. The molecule has 90 valence electrons. The van der Waals surface area contributed by atoms with Gasteiger partial charge in [-0.1, -0.05) is 31.2 Å². The number of hydrogen-bond donors (Lipinski definition) is 2. The Labute approximate surface area is 97.4 Å². The second-order valence-electron chi connectivity index (χ2n) is 3.87. The number of aliphatic hydroxyl groups excluding tert-OH is 1. The van der Waals surface area contributed by atoms with Crippen LogP contribution in [0.3, 0.4) is 0 Å². The number of aliphatic hydroxyl groups is 1. The number of nitrogens with one attached hydrogen (secondary N) is 1. The number of ether oxygens (including phenoxy) is 1. The molecule has 1 unspecified atom stereocenters. The van der Waals surface area contributed by atoms with Gasteiger partial charge in [0.15, 0.2) is 0 Å². The van der Waals surface area contributed by atoms with Crippen LogP contribution in [0, 0.1) is 0 Å². The minimum absolute atomic E-state index is 0.0962. The first-order chi connectivity index (χ1) is 7.81. The van der Waals surface area contributed by atoms with Gasteiger partial charge < -0.3 is 15.2 Å². The Kier molecular flexibility index (Phi) is 6.08. The molecule has 0 heterocycles. The maximum absolute atomic E-state index is 9.19. The number of methoxy groups -OCH3 is 1. The fourth-order valence-electron chi connectivity index (χ4n) is 1.66. The minimum atomic E-state index is 0.0962. The lowest BCUT2D eigenvalue weighted by molar-refractivity contribution is 0.163. The third-order valence-electron chi connectivity index (χ3n) is 2.73. The molecule has 16 heavy (non-hydrogen) atoms. The Bertz CT molecular complexity index is 302. The van der Waals surface area contributed by atoms with E-state index in [0.717, 1.165) is 30.7 Å². The monoisotopic (exact) mass is 223 g/mol. The first-order valence-corrected chi connectivity index (χ1v) is 5.71. The number of hydrogen-bond acceptors (Lipinski definition) is 3. The van der Waals surface area contributed by atoms with Gasteiger partial charge >= 0.3 is 0 Å². The van der Waals surface area contributed by atoms with E-state index in [4.69, 9.17) is 4.74 Å². The van der Waals surface area contributed by atoms with E-state index in [2.05, 4.69) is 12.2 Å². The van der Waals surface area contributed by atoms with E-state index in [9.17, 15) is 5.11 Å². The zero-order chi connectivity index (χ0) is 11.8. The highest BCUT2D eigenvalue weighted by molar-refractivity contribution is 5.26. The van der Waals surface area contributed by atoms with Gasteiger partial charge in [0.1, 0.15) is 0 Å². The molecule has 0 aromatic heterocycles. The molecule has 0 aliphatic rings. The molecule has 1 aromatic carbocycles. The lowest BCUT2D eigenvalue weighted by Gasteiger charge is -2.17. The summed E-state index contributed by atoms with van der Waals surface area (Å²) in [4.78, 5) is 0. The molecular weight excluding hydrogens is 202 g/mol. The molecular formula is C13H21NO2. The second-order valence-corrected chi connectivity index (χ2v) is 3.87. The largest absolute Gasteiger partial charge is 0.392 e. The summed E-state index contributed by atoms with van der Waals surface area (Å²) in [6, 6.07) is 8.30. The summed E-state index contributed by atoms with van der Waals surface area (Å²) in [5.74, 6) is 0. The third kappa shape index (κ3) is 3.93. The molecule has 0 saturated heterocycles. The van der Waals surface area contributed by atoms with E-state index in [1.54, 1.807) is 7.11 Å². The van der Waals surface area contributed by atoms with Crippen LogP contribution < -0.4 is 5.32 Å². The van der Waals surface area contributed by atoms with Gasteiger partial charge in [0.2, 0.25) is 0 Å². The first-order valence-electron chi connectivity index (χ1n) is 5.71. The van der Waals surface area contributed by atoms with Gasteiger partial charge in [-0.25, -0.2) is 0 Å². The molecule has 1 atom stereocenters. The van der Waals surface area contributed by atoms with Crippen LogP contribution in [0.5, 0.6) is 0 Å². The first kappa shape index (κ1) is 13.2. The maximum Gasteiger partial charge on any atom is 0.0685 e. The summed E-state index contributed by atoms with van der Waals surface area (Å²) in [6.07, 6.45) is 1.04. The SMILES string of the molecule is CCC(COC)NCc1ccccc1CO. The van der Waals surface area contributed by atoms with Crippen LogP contribution in [0.4, 0.5) is 0 Å². The van der Waals surface area contributed by atoms with Gasteiger partial charge in [-0.3, -0.25) is 0 Å². The summed E-state index contributed by atoms with van der Waals surface area (Å²) >= 11 is 0. The van der Waals surface area contributed by atoms with Crippen LogP contribution in [0.2, 0.25) is 0 Å². The second kappa shape index (κ2) is 7.39. The predicted octanol–water partition coefficient (Wildman–Crippen LogP) is 1.69. The summed E-state index contributed by atoms with van der Waals surface area (Å²) in [5, 5.41) is 12.6. The summed E-state index contributed by atoms with van der Waals surface area (Å²) in [5.41, 5.74) is 2.14. The molecule has 0 spiro atoms. The Morgan fingerprint density at radius 1 is 1.31 bits per heavy atom. The van der Waals surface area contributed by atoms with Crippen LogP contribution in [0.15, 0.2) is 24.3 Å². The van der Waals surface area contributed by atoms with Crippen molar-refractivity contribution in [3.63, 3.8) is 0 Å². The van der Waals surface area contributed by atoms with Crippen molar-refractivity contribution < 1.29 is 9.84 Å². The Morgan fingerprint density at radius 3 is 2.56 bits per heavy atom. The summed E-state index contributed by atoms with van der Waals surface area (Å²) in [6.45, 7) is 3.73. The average Bonchev–Trinajstić information content (AvgIpc) is 2.34. The quantitative estimate of drug-likeness (QED) is 0.739. The highest BCUT2D eigenvalue weighted by Crippen LogP contribution is 2.08. The van der Waals surface area contributed by atoms with Crippen molar-refractivity contribution in [2.45, 2.75) is 32.5 Å². The zero-order valence-corrected chi connectivity index (χ0v) is 10.1. The van der Waals surface area contributed by atoms with Crippen molar-refractivity contribution in [1.82, 2.24) is 5.32 Å².